The highest BCUT2D eigenvalue weighted by atomic mass is 16.5. The molecule has 0 bridgehead atoms. The molecule has 2 rings (SSSR count). The standard InChI is InChI=1S/C23H30O5/c1-4-5-6-7-13-28-19-10-8-9-17(14-19)15-20(23(24)25)18-11-12-21(26-2)22(16-18)27-3/h8-12,14,16,20H,4-7,13,15H2,1-3H3,(H,24,25). The van der Waals surface area contributed by atoms with Crippen molar-refractivity contribution >= 4 is 5.97 Å². The van der Waals surface area contributed by atoms with Crippen molar-refractivity contribution in [1.82, 2.24) is 0 Å². The van der Waals surface area contributed by atoms with E-state index in [1.165, 1.54) is 12.8 Å². The van der Waals surface area contributed by atoms with Crippen LogP contribution in [0.5, 0.6) is 17.2 Å². The van der Waals surface area contributed by atoms with E-state index in [9.17, 15) is 9.90 Å². The Hall–Kier alpha value is -2.69. The average molecular weight is 386 g/mol. The molecular formula is C23H30O5. The fourth-order valence-corrected chi connectivity index (χ4v) is 3.13. The Morgan fingerprint density at radius 1 is 1.00 bits per heavy atom. The van der Waals surface area contributed by atoms with E-state index < -0.39 is 11.9 Å². The van der Waals surface area contributed by atoms with Crippen LogP contribution in [0.2, 0.25) is 0 Å². The maximum absolute atomic E-state index is 11.9. The minimum Gasteiger partial charge on any atom is -0.494 e. The highest BCUT2D eigenvalue weighted by Gasteiger charge is 2.22. The van der Waals surface area contributed by atoms with Gasteiger partial charge in [-0.25, -0.2) is 0 Å². The monoisotopic (exact) mass is 386 g/mol. The molecule has 0 spiro atoms. The molecule has 5 nitrogen and oxygen atoms in total. The van der Waals surface area contributed by atoms with E-state index >= 15 is 0 Å². The molecule has 0 aliphatic carbocycles. The van der Waals surface area contributed by atoms with E-state index in [1.54, 1.807) is 32.4 Å². The fraction of sp³-hybridized carbons (Fsp3) is 0.435. The predicted octanol–water partition coefficient (Wildman–Crippen LogP) is 5.07. The normalized spacial score (nSPS) is 11.7. The molecule has 2 aromatic rings. The third-order valence-corrected chi connectivity index (χ3v) is 4.71. The Bertz CT molecular complexity index is 756. The average Bonchev–Trinajstić information content (AvgIpc) is 2.71. The van der Waals surface area contributed by atoms with E-state index in [1.807, 2.05) is 24.3 Å². The second-order valence-corrected chi connectivity index (χ2v) is 6.77. The summed E-state index contributed by atoms with van der Waals surface area (Å²) in [5.74, 6) is 0.326. The van der Waals surface area contributed by atoms with Crippen molar-refractivity contribution in [3.8, 4) is 17.2 Å². The molecule has 5 heteroatoms. The number of carbonyl (C=O) groups is 1. The summed E-state index contributed by atoms with van der Waals surface area (Å²) >= 11 is 0. The number of aliphatic carboxylic acids is 1. The summed E-state index contributed by atoms with van der Waals surface area (Å²) in [4.78, 5) is 11.9. The van der Waals surface area contributed by atoms with E-state index in [4.69, 9.17) is 14.2 Å². The van der Waals surface area contributed by atoms with Crippen molar-refractivity contribution in [3.05, 3.63) is 53.6 Å². The Morgan fingerprint density at radius 2 is 1.79 bits per heavy atom. The lowest BCUT2D eigenvalue weighted by molar-refractivity contribution is -0.138. The first-order valence-electron chi connectivity index (χ1n) is 9.75. The van der Waals surface area contributed by atoms with E-state index in [0.717, 1.165) is 24.2 Å². The highest BCUT2D eigenvalue weighted by Crippen LogP contribution is 2.32. The van der Waals surface area contributed by atoms with Gasteiger partial charge in [0.15, 0.2) is 11.5 Å². The summed E-state index contributed by atoms with van der Waals surface area (Å²) < 4.78 is 16.4. The maximum Gasteiger partial charge on any atom is 0.311 e. The Balaban J connectivity index is 2.10. The van der Waals surface area contributed by atoms with Crippen LogP contribution in [0.15, 0.2) is 42.5 Å². The number of carboxylic acids is 1. The van der Waals surface area contributed by atoms with Crippen LogP contribution in [-0.2, 0) is 11.2 Å². The third kappa shape index (κ3) is 6.19. The zero-order valence-corrected chi connectivity index (χ0v) is 16.9. The van der Waals surface area contributed by atoms with Crippen molar-refractivity contribution in [1.29, 1.82) is 0 Å². The molecule has 28 heavy (non-hydrogen) atoms. The molecule has 0 aromatic heterocycles. The van der Waals surface area contributed by atoms with Gasteiger partial charge in [0, 0.05) is 0 Å². The van der Waals surface area contributed by atoms with Crippen LogP contribution in [-0.4, -0.2) is 31.9 Å². The molecular weight excluding hydrogens is 356 g/mol. The quantitative estimate of drug-likeness (QED) is 0.516. The van der Waals surface area contributed by atoms with Gasteiger partial charge in [0.1, 0.15) is 5.75 Å². The Kier molecular flexibility index (Phi) is 8.66. The van der Waals surface area contributed by atoms with Crippen molar-refractivity contribution in [2.75, 3.05) is 20.8 Å². The van der Waals surface area contributed by atoms with Crippen LogP contribution < -0.4 is 14.2 Å². The molecule has 1 unspecified atom stereocenters. The van der Waals surface area contributed by atoms with Crippen molar-refractivity contribution < 1.29 is 24.1 Å². The van der Waals surface area contributed by atoms with Crippen LogP contribution >= 0.6 is 0 Å². The number of ether oxygens (including phenoxy) is 3. The summed E-state index contributed by atoms with van der Waals surface area (Å²) in [6.45, 7) is 2.86. The summed E-state index contributed by atoms with van der Waals surface area (Å²) in [6, 6.07) is 12.9. The van der Waals surface area contributed by atoms with Gasteiger partial charge >= 0.3 is 5.97 Å². The molecule has 0 heterocycles. The topological polar surface area (TPSA) is 65.0 Å². The number of benzene rings is 2. The second-order valence-electron chi connectivity index (χ2n) is 6.77. The van der Waals surface area contributed by atoms with Crippen LogP contribution in [0.25, 0.3) is 0 Å². The van der Waals surface area contributed by atoms with Gasteiger partial charge in [-0.15, -0.1) is 0 Å². The lowest BCUT2D eigenvalue weighted by Gasteiger charge is -2.16. The molecule has 0 amide bonds. The number of hydrogen-bond donors (Lipinski definition) is 1. The minimum atomic E-state index is -0.877. The smallest absolute Gasteiger partial charge is 0.311 e. The zero-order chi connectivity index (χ0) is 20.4. The molecule has 152 valence electrons. The van der Waals surface area contributed by atoms with Gasteiger partial charge in [-0.3, -0.25) is 4.79 Å². The third-order valence-electron chi connectivity index (χ3n) is 4.71. The van der Waals surface area contributed by atoms with E-state index in [2.05, 4.69) is 6.92 Å². The lowest BCUT2D eigenvalue weighted by Crippen LogP contribution is -2.14. The molecule has 0 saturated carbocycles. The van der Waals surface area contributed by atoms with Gasteiger partial charge < -0.3 is 19.3 Å². The Morgan fingerprint density at radius 3 is 2.46 bits per heavy atom. The summed E-state index contributed by atoms with van der Waals surface area (Å²) in [6.07, 6.45) is 4.98. The molecule has 0 aliphatic rings. The summed E-state index contributed by atoms with van der Waals surface area (Å²) in [5, 5.41) is 9.77. The van der Waals surface area contributed by atoms with Gasteiger partial charge in [0.05, 0.1) is 26.7 Å². The number of rotatable bonds is 12. The predicted molar refractivity (Wildman–Crippen MR) is 110 cm³/mol. The molecule has 0 saturated heterocycles. The SMILES string of the molecule is CCCCCCOc1cccc(CC(C(=O)O)c2ccc(OC)c(OC)c2)c1. The van der Waals surface area contributed by atoms with Crippen molar-refractivity contribution in [2.45, 2.75) is 44.9 Å². The molecule has 0 radical (unpaired) electrons. The van der Waals surface area contributed by atoms with Crippen molar-refractivity contribution in [2.24, 2.45) is 0 Å². The van der Waals surface area contributed by atoms with Gasteiger partial charge in [0.2, 0.25) is 0 Å². The van der Waals surface area contributed by atoms with Crippen LogP contribution in [0.3, 0.4) is 0 Å². The zero-order valence-electron chi connectivity index (χ0n) is 16.9. The highest BCUT2D eigenvalue weighted by molar-refractivity contribution is 5.77. The van der Waals surface area contributed by atoms with Crippen LogP contribution in [0.1, 0.15) is 49.7 Å². The lowest BCUT2D eigenvalue weighted by atomic mass is 9.91. The number of unbranched alkanes of at least 4 members (excludes halogenated alkanes) is 3. The first kappa shape index (κ1) is 21.6. The van der Waals surface area contributed by atoms with E-state index in [0.29, 0.717) is 30.1 Å². The van der Waals surface area contributed by atoms with Crippen LogP contribution in [0, 0.1) is 0 Å². The Labute approximate surface area is 167 Å². The minimum absolute atomic E-state index is 0.373. The largest absolute Gasteiger partial charge is 0.494 e. The van der Waals surface area contributed by atoms with E-state index in [-0.39, 0.29) is 0 Å². The summed E-state index contributed by atoms with van der Waals surface area (Å²) in [7, 11) is 3.10. The van der Waals surface area contributed by atoms with Gasteiger partial charge in [-0.05, 0) is 48.2 Å². The molecule has 1 N–H and O–H groups in total. The first-order valence-corrected chi connectivity index (χ1v) is 9.75. The van der Waals surface area contributed by atoms with Gasteiger partial charge in [-0.1, -0.05) is 44.4 Å². The molecule has 0 aliphatic heterocycles. The molecule has 2 aromatic carbocycles. The molecule has 1 atom stereocenters. The number of carboxylic acid groups (broad SMARTS) is 1. The van der Waals surface area contributed by atoms with Gasteiger partial charge in [0.25, 0.3) is 0 Å². The van der Waals surface area contributed by atoms with Crippen LogP contribution in [0.4, 0.5) is 0 Å². The second kappa shape index (κ2) is 11.2. The first-order chi connectivity index (χ1) is 13.6. The number of methoxy groups -OCH3 is 2. The summed E-state index contributed by atoms with van der Waals surface area (Å²) in [5.41, 5.74) is 1.60. The fourth-order valence-electron chi connectivity index (χ4n) is 3.13. The maximum atomic E-state index is 11.9. The van der Waals surface area contributed by atoms with Gasteiger partial charge in [-0.2, -0.15) is 0 Å². The number of hydrogen-bond acceptors (Lipinski definition) is 4. The molecule has 0 fully saturated rings. The van der Waals surface area contributed by atoms with Crippen molar-refractivity contribution in [3.63, 3.8) is 0 Å².